The first kappa shape index (κ1) is 17.3. The van der Waals surface area contributed by atoms with Gasteiger partial charge in [-0.25, -0.2) is 0 Å². The van der Waals surface area contributed by atoms with E-state index in [0.717, 1.165) is 44.7 Å². The molecule has 2 aromatic rings. The van der Waals surface area contributed by atoms with Crippen LogP contribution < -0.4 is 5.32 Å². The monoisotopic (exact) mass is 313 g/mol. The van der Waals surface area contributed by atoms with E-state index in [4.69, 9.17) is 0 Å². The van der Waals surface area contributed by atoms with Gasteiger partial charge in [0.2, 0.25) is 0 Å². The van der Waals surface area contributed by atoms with Crippen LogP contribution in [0.4, 0.5) is 0 Å². The maximum absolute atomic E-state index is 12.1. The van der Waals surface area contributed by atoms with E-state index in [2.05, 4.69) is 24.1 Å². The molecular formula is C19H27N3O. The molecule has 124 valence electrons. The Morgan fingerprint density at radius 3 is 2.30 bits per heavy atom. The van der Waals surface area contributed by atoms with Crippen LogP contribution >= 0.6 is 0 Å². The van der Waals surface area contributed by atoms with E-state index in [9.17, 15) is 4.79 Å². The lowest BCUT2D eigenvalue weighted by Crippen LogP contribution is -2.27. The van der Waals surface area contributed by atoms with Crippen molar-refractivity contribution in [3.63, 3.8) is 0 Å². The quantitative estimate of drug-likeness (QED) is 0.721. The number of aromatic nitrogens is 1. The minimum atomic E-state index is 0.00638. The number of benzene rings is 1. The molecule has 1 aromatic heterocycles. The number of hydrogen-bond acceptors (Lipinski definition) is 2. The Morgan fingerprint density at radius 2 is 1.70 bits per heavy atom. The highest BCUT2D eigenvalue weighted by Gasteiger charge is 2.05. The Balaban J connectivity index is 1.73. The average Bonchev–Trinajstić information content (AvgIpc) is 3.12. The minimum Gasteiger partial charge on any atom is -0.352 e. The molecule has 23 heavy (non-hydrogen) atoms. The molecule has 0 aliphatic rings. The Bertz CT molecular complexity index is 571. The zero-order valence-corrected chi connectivity index (χ0v) is 14.2. The molecule has 0 unspecified atom stereocenters. The molecular weight excluding hydrogens is 286 g/mol. The van der Waals surface area contributed by atoms with Crippen LogP contribution in [0.5, 0.6) is 0 Å². The summed E-state index contributed by atoms with van der Waals surface area (Å²) in [7, 11) is 0. The standard InChI is InChI=1S/C19H27N3O/c1-3-21(4-2)14-6-5-13-20-19(23)17-9-11-18(12-10-17)22-15-7-8-16-22/h7-12,15-16H,3-6,13-14H2,1-2H3,(H,20,23). The number of unbranched alkanes of at least 4 members (excludes halogenated alkanes) is 1. The molecule has 0 fully saturated rings. The van der Waals surface area contributed by atoms with Gasteiger partial charge in [0.25, 0.3) is 5.91 Å². The van der Waals surface area contributed by atoms with Crippen LogP contribution in [0.2, 0.25) is 0 Å². The third-order valence-corrected chi connectivity index (χ3v) is 4.11. The molecule has 0 bridgehead atoms. The zero-order chi connectivity index (χ0) is 16.5. The normalized spacial score (nSPS) is 10.9. The topological polar surface area (TPSA) is 37.3 Å². The first-order valence-corrected chi connectivity index (χ1v) is 8.48. The summed E-state index contributed by atoms with van der Waals surface area (Å²) >= 11 is 0. The Labute approximate surface area is 139 Å². The highest BCUT2D eigenvalue weighted by molar-refractivity contribution is 5.94. The minimum absolute atomic E-state index is 0.00638. The highest BCUT2D eigenvalue weighted by Crippen LogP contribution is 2.10. The second kappa shape index (κ2) is 9.16. The fraction of sp³-hybridized carbons (Fsp3) is 0.421. The van der Waals surface area contributed by atoms with Crippen LogP contribution in [0.1, 0.15) is 37.0 Å². The summed E-state index contributed by atoms with van der Waals surface area (Å²) in [6, 6.07) is 11.7. The number of nitrogens with one attached hydrogen (secondary N) is 1. The summed E-state index contributed by atoms with van der Waals surface area (Å²) in [6.45, 7) is 8.40. The van der Waals surface area contributed by atoms with Crippen molar-refractivity contribution in [2.45, 2.75) is 26.7 Å². The van der Waals surface area contributed by atoms with Crippen molar-refractivity contribution in [1.82, 2.24) is 14.8 Å². The van der Waals surface area contributed by atoms with Gasteiger partial charge in [-0.2, -0.15) is 0 Å². The largest absolute Gasteiger partial charge is 0.352 e. The molecule has 1 aromatic carbocycles. The number of carbonyl (C=O) groups excluding carboxylic acids is 1. The van der Waals surface area contributed by atoms with Gasteiger partial charge >= 0.3 is 0 Å². The SMILES string of the molecule is CCN(CC)CCCCNC(=O)c1ccc(-n2cccc2)cc1. The van der Waals surface area contributed by atoms with Crippen molar-refractivity contribution in [1.29, 1.82) is 0 Å². The third kappa shape index (κ3) is 5.25. The van der Waals surface area contributed by atoms with Gasteiger partial charge in [-0.3, -0.25) is 4.79 Å². The Hall–Kier alpha value is -2.07. The van der Waals surface area contributed by atoms with Crippen LogP contribution in [0.15, 0.2) is 48.8 Å². The first-order chi connectivity index (χ1) is 11.2. The van der Waals surface area contributed by atoms with Crippen molar-refractivity contribution in [2.24, 2.45) is 0 Å². The lowest BCUT2D eigenvalue weighted by atomic mass is 10.2. The molecule has 1 heterocycles. The summed E-state index contributed by atoms with van der Waals surface area (Å²) < 4.78 is 2.02. The number of amides is 1. The number of rotatable bonds is 9. The summed E-state index contributed by atoms with van der Waals surface area (Å²) in [5.74, 6) is 0.00638. The van der Waals surface area contributed by atoms with E-state index in [1.165, 1.54) is 0 Å². The number of nitrogens with zero attached hydrogens (tertiary/aromatic N) is 2. The summed E-state index contributed by atoms with van der Waals surface area (Å²) in [6.07, 6.45) is 6.12. The molecule has 0 aliphatic carbocycles. The van der Waals surface area contributed by atoms with Gasteiger partial charge in [0.15, 0.2) is 0 Å². The van der Waals surface area contributed by atoms with Crippen LogP contribution in [-0.4, -0.2) is 41.6 Å². The third-order valence-electron chi connectivity index (χ3n) is 4.11. The van der Waals surface area contributed by atoms with Gasteiger partial charge in [-0.05, 0) is 68.9 Å². The molecule has 1 amide bonds. The van der Waals surface area contributed by atoms with Gasteiger partial charge < -0.3 is 14.8 Å². The van der Waals surface area contributed by atoms with E-state index in [0.29, 0.717) is 5.56 Å². The van der Waals surface area contributed by atoms with Gasteiger partial charge in [-0.15, -0.1) is 0 Å². The molecule has 0 saturated carbocycles. The van der Waals surface area contributed by atoms with Crippen molar-refractivity contribution >= 4 is 5.91 Å². The van der Waals surface area contributed by atoms with Crippen molar-refractivity contribution in [3.8, 4) is 5.69 Å². The van der Waals surface area contributed by atoms with Crippen LogP contribution in [-0.2, 0) is 0 Å². The molecule has 4 nitrogen and oxygen atoms in total. The van der Waals surface area contributed by atoms with Crippen LogP contribution in [0, 0.1) is 0 Å². The fourth-order valence-electron chi connectivity index (χ4n) is 2.60. The lowest BCUT2D eigenvalue weighted by Gasteiger charge is -2.17. The first-order valence-electron chi connectivity index (χ1n) is 8.48. The van der Waals surface area contributed by atoms with E-state index < -0.39 is 0 Å². The van der Waals surface area contributed by atoms with Crippen LogP contribution in [0.3, 0.4) is 0 Å². The molecule has 0 aliphatic heterocycles. The number of carbonyl (C=O) groups is 1. The summed E-state index contributed by atoms with van der Waals surface area (Å²) in [4.78, 5) is 14.5. The van der Waals surface area contributed by atoms with Gasteiger partial charge in [0, 0.05) is 30.2 Å². The van der Waals surface area contributed by atoms with Gasteiger partial charge in [0.05, 0.1) is 0 Å². The second-order valence-corrected chi connectivity index (χ2v) is 5.63. The maximum Gasteiger partial charge on any atom is 0.251 e. The highest BCUT2D eigenvalue weighted by atomic mass is 16.1. The van der Waals surface area contributed by atoms with E-state index in [1.54, 1.807) is 0 Å². The Kier molecular flexibility index (Phi) is 6.88. The molecule has 0 spiro atoms. The molecule has 4 heteroatoms. The van der Waals surface area contributed by atoms with E-state index >= 15 is 0 Å². The maximum atomic E-state index is 12.1. The smallest absolute Gasteiger partial charge is 0.251 e. The predicted molar refractivity (Wildman–Crippen MR) is 95.1 cm³/mol. The van der Waals surface area contributed by atoms with Gasteiger partial charge in [-0.1, -0.05) is 13.8 Å². The average molecular weight is 313 g/mol. The van der Waals surface area contributed by atoms with Gasteiger partial charge in [0.1, 0.15) is 0 Å². The molecule has 0 atom stereocenters. The van der Waals surface area contributed by atoms with Crippen molar-refractivity contribution in [3.05, 3.63) is 54.4 Å². The number of hydrogen-bond donors (Lipinski definition) is 1. The van der Waals surface area contributed by atoms with Crippen molar-refractivity contribution in [2.75, 3.05) is 26.2 Å². The fourth-order valence-corrected chi connectivity index (χ4v) is 2.60. The molecule has 0 saturated heterocycles. The van der Waals surface area contributed by atoms with E-state index in [1.807, 2.05) is 53.4 Å². The van der Waals surface area contributed by atoms with Crippen molar-refractivity contribution < 1.29 is 4.79 Å². The molecule has 2 rings (SSSR count). The van der Waals surface area contributed by atoms with E-state index in [-0.39, 0.29) is 5.91 Å². The predicted octanol–water partition coefficient (Wildman–Crippen LogP) is 3.33. The Morgan fingerprint density at radius 1 is 1.04 bits per heavy atom. The zero-order valence-electron chi connectivity index (χ0n) is 14.2. The van der Waals surface area contributed by atoms with Crippen LogP contribution in [0.25, 0.3) is 5.69 Å². The summed E-state index contributed by atoms with van der Waals surface area (Å²) in [5, 5.41) is 3.00. The second-order valence-electron chi connectivity index (χ2n) is 5.63. The lowest BCUT2D eigenvalue weighted by molar-refractivity contribution is 0.0952. The molecule has 1 N–H and O–H groups in total. The molecule has 0 radical (unpaired) electrons. The summed E-state index contributed by atoms with van der Waals surface area (Å²) in [5.41, 5.74) is 1.77.